The Hall–Kier alpha value is -1.16. The van der Waals surface area contributed by atoms with E-state index < -0.39 is 0 Å². The third kappa shape index (κ3) is 2.34. The van der Waals surface area contributed by atoms with Gasteiger partial charge in [0.2, 0.25) is 0 Å². The molecule has 2 unspecified atom stereocenters. The summed E-state index contributed by atoms with van der Waals surface area (Å²) in [5.41, 5.74) is 0.973. The Morgan fingerprint density at radius 1 is 1.17 bits per heavy atom. The zero-order chi connectivity index (χ0) is 12.5. The summed E-state index contributed by atoms with van der Waals surface area (Å²) in [6.45, 7) is 1.97. The molecule has 3 rings (SSSR count). The summed E-state index contributed by atoms with van der Waals surface area (Å²) < 4.78 is 0. The van der Waals surface area contributed by atoms with Gasteiger partial charge in [0.25, 0.3) is 0 Å². The number of nitrogens with one attached hydrogen (secondary N) is 1. The van der Waals surface area contributed by atoms with E-state index in [1.165, 1.54) is 32.1 Å². The van der Waals surface area contributed by atoms with Crippen LogP contribution in [-0.4, -0.2) is 40.3 Å². The number of rotatable bonds is 2. The van der Waals surface area contributed by atoms with E-state index in [1.807, 2.05) is 19.1 Å². The van der Waals surface area contributed by atoms with Gasteiger partial charge in [-0.25, -0.2) is 0 Å². The Morgan fingerprint density at radius 3 is 2.50 bits per heavy atom. The summed E-state index contributed by atoms with van der Waals surface area (Å²) in [6.07, 6.45) is 6.58. The van der Waals surface area contributed by atoms with Gasteiger partial charge in [-0.15, -0.1) is 5.10 Å². The van der Waals surface area contributed by atoms with E-state index in [1.54, 1.807) is 0 Å². The van der Waals surface area contributed by atoms with Gasteiger partial charge in [0.1, 0.15) is 5.82 Å². The molecule has 18 heavy (non-hydrogen) atoms. The van der Waals surface area contributed by atoms with E-state index in [2.05, 4.69) is 27.5 Å². The molecule has 2 bridgehead atoms. The number of piperidine rings is 2. The number of nitrogens with zero attached hydrogens (tertiary/aromatic N) is 3. The van der Waals surface area contributed by atoms with Crippen molar-refractivity contribution < 1.29 is 0 Å². The van der Waals surface area contributed by atoms with Gasteiger partial charge in [0.15, 0.2) is 0 Å². The van der Waals surface area contributed by atoms with Gasteiger partial charge in [0, 0.05) is 18.1 Å². The van der Waals surface area contributed by atoms with Gasteiger partial charge in [-0.3, -0.25) is 0 Å². The predicted molar refractivity (Wildman–Crippen MR) is 72.6 cm³/mol. The van der Waals surface area contributed by atoms with Crippen LogP contribution in [0.15, 0.2) is 12.1 Å². The first-order chi connectivity index (χ1) is 8.72. The molecule has 4 nitrogen and oxygen atoms in total. The van der Waals surface area contributed by atoms with E-state index in [9.17, 15) is 0 Å². The van der Waals surface area contributed by atoms with Crippen molar-refractivity contribution in [1.29, 1.82) is 0 Å². The Kier molecular flexibility index (Phi) is 3.20. The first-order valence-electron chi connectivity index (χ1n) is 7.01. The normalized spacial score (nSPS) is 32.2. The summed E-state index contributed by atoms with van der Waals surface area (Å²) in [6, 6.07) is 6.14. The zero-order valence-electron chi connectivity index (χ0n) is 11.3. The van der Waals surface area contributed by atoms with Crippen molar-refractivity contribution >= 4 is 5.82 Å². The van der Waals surface area contributed by atoms with Crippen molar-refractivity contribution in [3.8, 4) is 0 Å². The average molecular weight is 246 g/mol. The number of hydrogen-bond donors (Lipinski definition) is 1. The summed E-state index contributed by atoms with van der Waals surface area (Å²) >= 11 is 0. The summed E-state index contributed by atoms with van der Waals surface area (Å²) in [7, 11) is 2.29. The summed E-state index contributed by atoms with van der Waals surface area (Å²) in [4.78, 5) is 2.59. The molecule has 2 aliphatic rings. The Balaban J connectivity index is 1.66. The lowest BCUT2D eigenvalue weighted by atomic mass is 9.82. The van der Waals surface area contributed by atoms with Crippen molar-refractivity contribution in [2.75, 3.05) is 12.4 Å². The van der Waals surface area contributed by atoms with Gasteiger partial charge in [0.05, 0.1) is 5.69 Å². The minimum atomic E-state index is 0.563. The Bertz CT molecular complexity index is 389. The van der Waals surface area contributed by atoms with Crippen LogP contribution in [0.4, 0.5) is 5.82 Å². The maximum absolute atomic E-state index is 4.21. The first kappa shape index (κ1) is 11.9. The van der Waals surface area contributed by atoms with Crippen LogP contribution in [0.3, 0.4) is 0 Å². The van der Waals surface area contributed by atoms with Gasteiger partial charge < -0.3 is 10.2 Å². The molecule has 1 aromatic heterocycles. The van der Waals surface area contributed by atoms with E-state index >= 15 is 0 Å². The molecule has 1 N–H and O–H groups in total. The summed E-state index contributed by atoms with van der Waals surface area (Å²) in [5.74, 6) is 0.924. The third-order valence-electron chi connectivity index (χ3n) is 4.49. The van der Waals surface area contributed by atoms with Crippen molar-refractivity contribution in [3.05, 3.63) is 17.8 Å². The molecular formula is C14H22N4. The van der Waals surface area contributed by atoms with Crippen LogP contribution >= 0.6 is 0 Å². The lowest BCUT2D eigenvalue weighted by Gasteiger charge is -2.47. The molecule has 0 aromatic carbocycles. The molecule has 3 heterocycles. The quantitative estimate of drug-likeness (QED) is 0.868. The maximum atomic E-state index is 4.21. The number of aromatic nitrogens is 2. The van der Waals surface area contributed by atoms with Crippen LogP contribution in [0, 0.1) is 6.92 Å². The second-order valence-corrected chi connectivity index (χ2v) is 5.78. The average Bonchev–Trinajstić information content (AvgIpc) is 2.33. The first-order valence-corrected chi connectivity index (χ1v) is 7.01. The molecule has 2 atom stereocenters. The fourth-order valence-electron chi connectivity index (χ4n) is 3.42. The highest BCUT2D eigenvalue weighted by molar-refractivity contribution is 5.34. The number of hydrogen-bond acceptors (Lipinski definition) is 4. The predicted octanol–water partition coefficient (Wildman–Crippen LogP) is 2.21. The minimum absolute atomic E-state index is 0.563. The molecule has 0 aliphatic carbocycles. The molecule has 1 aromatic rings. The topological polar surface area (TPSA) is 41.0 Å². The lowest BCUT2D eigenvalue weighted by Crippen LogP contribution is -2.52. The molecule has 2 fully saturated rings. The van der Waals surface area contributed by atoms with Gasteiger partial charge >= 0.3 is 0 Å². The Labute approximate surface area is 109 Å². The van der Waals surface area contributed by atoms with Crippen LogP contribution in [0.25, 0.3) is 0 Å². The maximum Gasteiger partial charge on any atom is 0.148 e. The highest BCUT2D eigenvalue weighted by atomic mass is 15.2. The minimum Gasteiger partial charge on any atom is -0.366 e. The van der Waals surface area contributed by atoms with Crippen molar-refractivity contribution in [1.82, 2.24) is 15.1 Å². The van der Waals surface area contributed by atoms with Gasteiger partial charge in [-0.2, -0.15) is 5.10 Å². The molecule has 2 aliphatic heterocycles. The van der Waals surface area contributed by atoms with E-state index in [4.69, 9.17) is 0 Å². The van der Waals surface area contributed by atoms with E-state index in [0.717, 1.165) is 23.6 Å². The molecule has 2 saturated heterocycles. The molecule has 0 radical (unpaired) electrons. The van der Waals surface area contributed by atoms with Crippen LogP contribution in [-0.2, 0) is 0 Å². The zero-order valence-corrected chi connectivity index (χ0v) is 11.3. The number of aryl methyl sites for hydroxylation is 1. The Morgan fingerprint density at radius 2 is 1.89 bits per heavy atom. The van der Waals surface area contributed by atoms with Crippen molar-refractivity contribution in [2.45, 2.75) is 57.2 Å². The fourth-order valence-corrected chi connectivity index (χ4v) is 3.42. The highest BCUT2D eigenvalue weighted by Gasteiger charge is 2.35. The molecule has 0 amide bonds. The monoisotopic (exact) mass is 246 g/mol. The largest absolute Gasteiger partial charge is 0.366 e. The number of fused-ring (bicyclic) bond motifs is 2. The standard InChI is InChI=1S/C14H22N4/c1-10-6-7-14(17-16-10)15-11-8-12-4-3-5-13(9-11)18(12)2/h6-7,11-13H,3-5,8-9H2,1-2H3,(H,15,17). The molecule has 0 saturated carbocycles. The second kappa shape index (κ2) is 4.84. The lowest BCUT2D eigenvalue weighted by molar-refractivity contribution is 0.0607. The highest BCUT2D eigenvalue weighted by Crippen LogP contribution is 2.33. The van der Waals surface area contributed by atoms with Crippen LogP contribution in [0.5, 0.6) is 0 Å². The van der Waals surface area contributed by atoms with Gasteiger partial charge in [-0.1, -0.05) is 6.42 Å². The number of anilines is 1. The van der Waals surface area contributed by atoms with Gasteiger partial charge in [-0.05, 0) is 51.8 Å². The summed E-state index contributed by atoms with van der Waals surface area (Å²) in [5, 5.41) is 11.9. The van der Waals surface area contributed by atoms with Crippen molar-refractivity contribution in [2.24, 2.45) is 0 Å². The van der Waals surface area contributed by atoms with Crippen molar-refractivity contribution in [3.63, 3.8) is 0 Å². The molecule has 98 valence electrons. The fraction of sp³-hybridized carbons (Fsp3) is 0.714. The third-order valence-corrected chi connectivity index (χ3v) is 4.49. The van der Waals surface area contributed by atoms with Crippen LogP contribution in [0.2, 0.25) is 0 Å². The van der Waals surface area contributed by atoms with E-state index in [-0.39, 0.29) is 0 Å². The molecule has 4 heteroatoms. The van der Waals surface area contributed by atoms with E-state index in [0.29, 0.717) is 6.04 Å². The smallest absolute Gasteiger partial charge is 0.148 e. The second-order valence-electron chi connectivity index (χ2n) is 5.78. The SMILES string of the molecule is Cc1ccc(NC2CC3CCCC(C2)N3C)nn1. The molecular weight excluding hydrogens is 224 g/mol. The van der Waals surface area contributed by atoms with Crippen LogP contribution < -0.4 is 5.32 Å². The molecule has 0 spiro atoms. The van der Waals surface area contributed by atoms with Crippen LogP contribution in [0.1, 0.15) is 37.8 Å².